The smallest absolute Gasteiger partial charge is 0.211 e. The van der Waals surface area contributed by atoms with Gasteiger partial charge in [0.25, 0.3) is 0 Å². The lowest BCUT2D eigenvalue weighted by Gasteiger charge is -2.12. The van der Waals surface area contributed by atoms with Gasteiger partial charge >= 0.3 is 0 Å². The topological polar surface area (TPSA) is 98.4 Å². The van der Waals surface area contributed by atoms with E-state index in [1.807, 2.05) is 6.20 Å². The molecular weight excluding hydrogens is 465 g/mol. The van der Waals surface area contributed by atoms with E-state index in [1.54, 1.807) is 14.0 Å². The highest BCUT2D eigenvalue weighted by atomic mass is 127. The Labute approximate surface area is 172 Å². The average molecular weight is 493 g/mol. The number of sulfonamides is 1. The molecule has 0 fully saturated rings. The number of nitrogens with one attached hydrogen (secondary N) is 4. The minimum absolute atomic E-state index is 0. The van der Waals surface area contributed by atoms with E-state index in [0.717, 1.165) is 18.5 Å². The minimum atomic E-state index is -3.15. The molecule has 146 valence electrons. The molecule has 0 atom stereocenters. The molecule has 0 amide bonds. The molecule has 0 unspecified atom stereocenters. The number of H-pyrrole nitrogens is 1. The highest BCUT2D eigenvalue weighted by Gasteiger charge is 2.06. The van der Waals surface area contributed by atoms with Crippen molar-refractivity contribution in [2.24, 2.45) is 4.99 Å². The zero-order valence-electron chi connectivity index (χ0n) is 15.4. The summed E-state index contributed by atoms with van der Waals surface area (Å²) in [6.45, 7) is 5.24. The molecule has 4 N–H and O–H groups in total. The second-order valence-corrected chi connectivity index (χ2v) is 7.93. The SMILES string of the molecule is CCS(=O)(=O)NCCNC(=NC)NCCc1c[nH]c2cc(C)ccc12.I. The molecule has 0 bridgehead atoms. The predicted molar refractivity (Wildman–Crippen MR) is 119 cm³/mol. The van der Waals surface area contributed by atoms with Crippen molar-refractivity contribution in [3.63, 3.8) is 0 Å². The van der Waals surface area contributed by atoms with Crippen LogP contribution in [0.5, 0.6) is 0 Å². The molecule has 2 rings (SSSR count). The van der Waals surface area contributed by atoms with Crippen molar-refractivity contribution in [3.05, 3.63) is 35.5 Å². The van der Waals surface area contributed by atoms with Crippen LogP contribution in [-0.2, 0) is 16.4 Å². The molecule has 9 heteroatoms. The molecule has 0 radical (unpaired) electrons. The molecule has 0 aliphatic rings. The van der Waals surface area contributed by atoms with Gasteiger partial charge in [0.05, 0.1) is 5.75 Å². The summed E-state index contributed by atoms with van der Waals surface area (Å²) in [4.78, 5) is 7.45. The van der Waals surface area contributed by atoms with Gasteiger partial charge in [-0.25, -0.2) is 13.1 Å². The first-order valence-corrected chi connectivity index (χ1v) is 10.1. The molecule has 1 aromatic heterocycles. The maximum Gasteiger partial charge on any atom is 0.211 e. The summed E-state index contributed by atoms with van der Waals surface area (Å²) in [5.74, 6) is 0.746. The van der Waals surface area contributed by atoms with E-state index in [0.29, 0.717) is 19.0 Å². The van der Waals surface area contributed by atoms with Gasteiger partial charge in [-0.2, -0.15) is 0 Å². The van der Waals surface area contributed by atoms with Crippen molar-refractivity contribution in [1.82, 2.24) is 20.3 Å². The van der Waals surface area contributed by atoms with Crippen LogP contribution in [0.3, 0.4) is 0 Å². The van der Waals surface area contributed by atoms with Crippen molar-refractivity contribution in [1.29, 1.82) is 0 Å². The van der Waals surface area contributed by atoms with Gasteiger partial charge in [-0.15, -0.1) is 24.0 Å². The van der Waals surface area contributed by atoms with Crippen molar-refractivity contribution < 1.29 is 8.42 Å². The Kier molecular flexibility index (Phi) is 9.37. The molecule has 0 aliphatic carbocycles. The standard InChI is InChI=1S/C17H27N5O2S.HI/c1-4-25(23,24)22-10-9-20-17(18-3)19-8-7-14-12-21-16-11-13(2)5-6-15(14)16;/h5-6,11-12,21-22H,4,7-10H2,1-3H3,(H2,18,19,20);1H. The van der Waals surface area contributed by atoms with Gasteiger partial charge in [0.2, 0.25) is 10.0 Å². The summed E-state index contributed by atoms with van der Waals surface area (Å²) < 4.78 is 25.2. The Morgan fingerprint density at radius 1 is 1.19 bits per heavy atom. The van der Waals surface area contributed by atoms with Crippen LogP contribution in [0.1, 0.15) is 18.1 Å². The number of nitrogens with zero attached hydrogens (tertiary/aromatic N) is 1. The lowest BCUT2D eigenvalue weighted by Crippen LogP contribution is -2.42. The molecule has 7 nitrogen and oxygen atoms in total. The summed E-state index contributed by atoms with van der Waals surface area (Å²) in [6, 6.07) is 6.40. The van der Waals surface area contributed by atoms with Gasteiger partial charge in [-0.3, -0.25) is 4.99 Å². The van der Waals surface area contributed by atoms with Crippen LogP contribution in [0.4, 0.5) is 0 Å². The van der Waals surface area contributed by atoms with Gasteiger partial charge in [0.1, 0.15) is 0 Å². The zero-order valence-corrected chi connectivity index (χ0v) is 18.6. The van der Waals surface area contributed by atoms with Crippen molar-refractivity contribution in [2.75, 3.05) is 32.4 Å². The first-order chi connectivity index (χ1) is 11.9. The Morgan fingerprint density at radius 3 is 2.62 bits per heavy atom. The second kappa shape index (κ2) is 10.7. The van der Waals surface area contributed by atoms with E-state index in [9.17, 15) is 8.42 Å². The normalized spacial score (nSPS) is 12.0. The predicted octanol–water partition coefficient (Wildman–Crippen LogP) is 1.74. The Morgan fingerprint density at radius 2 is 1.92 bits per heavy atom. The van der Waals surface area contributed by atoms with Gasteiger partial charge in [-0.05, 0) is 37.5 Å². The number of fused-ring (bicyclic) bond motifs is 1. The maximum absolute atomic E-state index is 11.4. The number of aromatic nitrogens is 1. The maximum atomic E-state index is 11.4. The Bertz CT molecular complexity index is 833. The van der Waals surface area contributed by atoms with Crippen LogP contribution >= 0.6 is 24.0 Å². The number of benzene rings is 1. The highest BCUT2D eigenvalue weighted by Crippen LogP contribution is 2.19. The van der Waals surface area contributed by atoms with Crippen LogP contribution < -0.4 is 15.4 Å². The molecule has 0 saturated heterocycles. The Balaban J connectivity index is 0.00000338. The molecule has 1 heterocycles. The number of aromatic amines is 1. The van der Waals surface area contributed by atoms with Gasteiger partial charge < -0.3 is 15.6 Å². The van der Waals surface area contributed by atoms with Crippen LogP contribution in [0.2, 0.25) is 0 Å². The number of halogens is 1. The summed E-state index contributed by atoms with van der Waals surface area (Å²) in [5.41, 5.74) is 3.65. The third kappa shape index (κ3) is 6.76. The van der Waals surface area contributed by atoms with Gasteiger partial charge in [-0.1, -0.05) is 12.1 Å². The quantitative estimate of drug-likeness (QED) is 0.195. The van der Waals surface area contributed by atoms with Gasteiger partial charge in [0, 0.05) is 43.8 Å². The number of guanidine groups is 1. The fourth-order valence-electron chi connectivity index (χ4n) is 2.53. The average Bonchev–Trinajstić information content (AvgIpc) is 2.99. The van der Waals surface area contributed by atoms with Crippen LogP contribution in [-0.4, -0.2) is 51.8 Å². The number of aliphatic imine (C=N–C) groups is 1. The van der Waals surface area contributed by atoms with Crippen molar-refractivity contribution in [3.8, 4) is 0 Å². The lowest BCUT2D eigenvalue weighted by molar-refractivity contribution is 0.582. The molecule has 0 aliphatic heterocycles. The molecule has 0 saturated carbocycles. The third-order valence-electron chi connectivity index (χ3n) is 3.95. The summed E-state index contributed by atoms with van der Waals surface area (Å²) in [6.07, 6.45) is 2.91. The van der Waals surface area contributed by atoms with Crippen molar-refractivity contribution >= 4 is 50.9 Å². The number of aryl methyl sites for hydroxylation is 1. The zero-order chi connectivity index (χ0) is 18.3. The fourth-order valence-corrected chi connectivity index (χ4v) is 3.15. The number of hydrogen-bond donors (Lipinski definition) is 4. The molecular formula is C17H28IN5O2S. The molecule has 26 heavy (non-hydrogen) atoms. The second-order valence-electron chi connectivity index (χ2n) is 5.84. The highest BCUT2D eigenvalue weighted by molar-refractivity contribution is 14.0. The minimum Gasteiger partial charge on any atom is -0.361 e. The van der Waals surface area contributed by atoms with E-state index in [4.69, 9.17) is 0 Å². The summed E-state index contributed by atoms with van der Waals surface area (Å²) in [7, 11) is -1.45. The van der Waals surface area contributed by atoms with Crippen LogP contribution in [0.15, 0.2) is 29.4 Å². The fraction of sp³-hybridized carbons (Fsp3) is 0.471. The molecule has 0 spiro atoms. The lowest BCUT2D eigenvalue weighted by atomic mass is 10.1. The van der Waals surface area contributed by atoms with Crippen LogP contribution in [0.25, 0.3) is 10.9 Å². The van der Waals surface area contributed by atoms with Crippen molar-refractivity contribution in [2.45, 2.75) is 20.3 Å². The van der Waals surface area contributed by atoms with E-state index in [2.05, 4.69) is 50.5 Å². The third-order valence-corrected chi connectivity index (χ3v) is 5.36. The van der Waals surface area contributed by atoms with Gasteiger partial charge in [0.15, 0.2) is 5.96 Å². The van der Waals surface area contributed by atoms with E-state index in [1.165, 1.54) is 16.5 Å². The van der Waals surface area contributed by atoms with E-state index >= 15 is 0 Å². The largest absolute Gasteiger partial charge is 0.361 e. The Hall–Kier alpha value is -1.33. The number of rotatable bonds is 8. The molecule has 2 aromatic rings. The first kappa shape index (κ1) is 22.7. The van der Waals surface area contributed by atoms with E-state index < -0.39 is 10.0 Å². The monoisotopic (exact) mass is 493 g/mol. The summed E-state index contributed by atoms with van der Waals surface area (Å²) in [5, 5.41) is 7.58. The first-order valence-electron chi connectivity index (χ1n) is 8.43. The van der Waals surface area contributed by atoms with E-state index in [-0.39, 0.29) is 29.7 Å². The molecule has 1 aromatic carbocycles. The van der Waals surface area contributed by atoms with Crippen LogP contribution in [0, 0.1) is 6.92 Å². The summed E-state index contributed by atoms with van der Waals surface area (Å²) >= 11 is 0. The number of hydrogen-bond acceptors (Lipinski definition) is 3.